The van der Waals surface area contributed by atoms with Crippen molar-refractivity contribution in [3.63, 3.8) is 0 Å². The van der Waals surface area contributed by atoms with E-state index in [0.717, 1.165) is 11.4 Å². The summed E-state index contributed by atoms with van der Waals surface area (Å²) in [4.78, 5) is 33.6. The van der Waals surface area contributed by atoms with E-state index in [1.54, 1.807) is 48.7 Å². The topological polar surface area (TPSA) is 53.0 Å². The van der Waals surface area contributed by atoms with Crippen LogP contribution in [0.1, 0.15) is 21.8 Å². The zero-order valence-electron chi connectivity index (χ0n) is 14.7. The van der Waals surface area contributed by atoms with Crippen molar-refractivity contribution >= 4 is 35.3 Å². The van der Waals surface area contributed by atoms with Crippen LogP contribution >= 0.6 is 11.6 Å². The number of para-hydroxylation sites is 1. The second-order valence-corrected chi connectivity index (χ2v) is 6.76. The van der Waals surface area contributed by atoms with E-state index in [9.17, 15) is 9.59 Å². The van der Waals surface area contributed by atoms with Gasteiger partial charge >= 0.3 is 0 Å². The number of amides is 2. The van der Waals surface area contributed by atoms with Crippen LogP contribution in [-0.2, 0) is 4.79 Å². The molecule has 0 saturated heterocycles. The lowest BCUT2D eigenvalue weighted by Gasteiger charge is -2.31. The van der Waals surface area contributed by atoms with Gasteiger partial charge in [-0.2, -0.15) is 0 Å². The summed E-state index contributed by atoms with van der Waals surface area (Å²) in [5, 5.41) is 0.358. The first-order chi connectivity index (χ1) is 12.5. The number of benzene rings is 2. The number of halogens is 1. The highest BCUT2D eigenvalue weighted by Gasteiger charge is 2.39. The van der Waals surface area contributed by atoms with E-state index in [1.165, 1.54) is 0 Å². The average Bonchev–Trinajstić information content (AvgIpc) is 2.62. The Bertz CT molecular complexity index is 864. The van der Waals surface area contributed by atoms with Crippen molar-refractivity contribution in [3.05, 3.63) is 64.7 Å². The second-order valence-electron chi connectivity index (χ2n) is 6.35. The van der Waals surface area contributed by atoms with E-state index in [1.807, 2.05) is 25.1 Å². The van der Waals surface area contributed by atoms with Gasteiger partial charge in [-0.25, -0.2) is 4.90 Å². The molecule has 0 fully saturated rings. The molecule has 0 aromatic heterocycles. The molecule has 1 atom stereocenters. The van der Waals surface area contributed by atoms with Gasteiger partial charge in [-0.05, 0) is 37.9 Å². The standard InChI is InChI=1S/C20H20ClN3O2/c1-23(2)12-11-22-13-16-14-7-3-4-8-15(14)19(25)24(20(16)26)18-10-6-5-9-17(18)21/h3-10,13,16H,11-12H2,1-2H3. The SMILES string of the molecule is CN(C)CCN=CC1C(=O)N(c2ccccc2Cl)C(=O)c2ccccc21. The number of rotatable bonds is 5. The van der Waals surface area contributed by atoms with Gasteiger partial charge in [0.15, 0.2) is 0 Å². The van der Waals surface area contributed by atoms with Crippen molar-refractivity contribution in [2.45, 2.75) is 5.92 Å². The van der Waals surface area contributed by atoms with Crippen molar-refractivity contribution < 1.29 is 9.59 Å². The highest BCUT2D eigenvalue weighted by Crippen LogP contribution is 2.35. The Morgan fingerprint density at radius 1 is 1.12 bits per heavy atom. The number of fused-ring (bicyclic) bond motifs is 1. The molecule has 0 radical (unpaired) electrons. The van der Waals surface area contributed by atoms with Crippen LogP contribution in [0.25, 0.3) is 0 Å². The lowest BCUT2D eigenvalue weighted by Crippen LogP contribution is -2.45. The minimum absolute atomic E-state index is 0.338. The number of likely N-dealkylation sites (N-methyl/N-ethyl adjacent to an activating group) is 1. The third-order valence-corrected chi connectivity index (χ3v) is 4.56. The van der Waals surface area contributed by atoms with E-state index in [0.29, 0.717) is 28.4 Å². The van der Waals surface area contributed by atoms with Crippen LogP contribution in [0.15, 0.2) is 53.5 Å². The number of carbonyl (C=O) groups is 2. The molecule has 1 aliphatic heterocycles. The molecule has 0 aliphatic carbocycles. The molecule has 1 heterocycles. The zero-order valence-corrected chi connectivity index (χ0v) is 15.5. The van der Waals surface area contributed by atoms with Crippen LogP contribution in [-0.4, -0.2) is 50.1 Å². The molecule has 134 valence electrons. The Morgan fingerprint density at radius 2 is 1.81 bits per heavy atom. The van der Waals surface area contributed by atoms with Gasteiger partial charge in [0.25, 0.3) is 5.91 Å². The summed E-state index contributed by atoms with van der Waals surface area (Å²) in [7, 11) is 3.93. The van der Waals surface area contributed by atoms with Crippen LogP contribution < -0.4 is 4.90 Å². The van der Waals surface area contributed by atoms with E-state index in [2.05, 4.69) is 4.99 Å². The fourth-order valence-electron chi connectivity index (χ4n) is 2.90. The first kappa shape index (κ1) is 18.3. The molecule has 0 spiro atoms. The highest BCUT2D eigenvalue weighted by atomic mass is 35.5. The summed E-state index contributed by atoms with van der Waals surface area (Å²) >= 11 is 6.24. The van der Waals surface area contributed by atoms with E-state index in [-0.39, 0.29) is 11.8 Å². The van der Waals surface area contributed by atoms with Gasteiger partial charge in [-0.15, -0.1) is 0 Å². The van der Waals surface area contributed by atoms with Crippen molar-refractivity contribution in [3.8, 4) is 0 Å². The lowest BCUT2D eigenvalue weighted by molar-refractivity contribution is -0.118. The quantitative estimate of drug-likeness (QED) is 0.600. The molecule has 0 bridgehead atoms. The third kappa shape index (κ3) is 3.54. The summed E-state index contributed by atoms with van der Waals surface area (Å²) in [6.45, 7) is 1.37. The molecule has 26 heavy (non-hydrogen) atoms. The number of hydrogen-bond acceptors (Lipinski definition) is 4. The maximum absolute atomic E-state index is 13.1. The van der Waals surface area contributed by atoms with Crippen LogP contribution in [0, 0.1) is 0 Å². The van der Waals surface area contributed by atoms with Gasteiger partial charge in [-0.3, -0.25) is 14.6 Å². The summed E-state index contributed by atoms with van der Waals surface area (Å²) in [6.07, 6.45) is 1.64. The number of carbonyl (C=O) groups excluding carboxylic acids is 2. The maximum Gasteiger partial charge on any atom is 0.265 e. The Balaban J connectivity index is 2.01. The van der Waals surface area contributed by atoms with E-state index >= 15 is 0 Å². The van der Waals surface area contributed by atoms with Gasteiger partial charge in [0.05, 0.1) is 23.2 Å². The molecule has 3 rings (SSSR count). The van der Waals surface area contributed by atoms with Crippen molar-refractivity contribution in [2.75, 3.05) is 32.1 Å². The van der Waals surface area contributed by atoms with Crippen LogP contribution in [0.5, 0.6) is 0 Å². The first-order valence-corrected chi connectivity index (χ1v) is 8.75. The Hall–Kier alpha value is -2.50. The highest BCUT2D eigenvalue weighted by molar-refractivity contribution is 6.37. The van der Waals surface area contributed by atoms with Crippen molar-refractivity contribution in [1.82, 2.24) is 4.90 Å². The van der Waals surface area contributed by atoms with Crippen LogP contribution in [0.4, 0.5) is 5.69 Å². The number of hydrogen-bond donors (Lipinski definition) is 0. The number of anilines is 1. The molecule has 1 aliphatic rings. The monoisotopic (exact) mass is 369 g/mol. The predicted octanol–water partition coefficient (Wildman–Crippen LogP) is 3.24. The molecule has 1 unspecified atom stereocenters. The molecule has 0 saturated carbocycles. The van der Waals surface area contributed by atoms with Crippen LogP contribution in [0.3, 0.4) is 0 Å². The Morgan fingerprint density at radius 3 is 2.54 bits per heavy atom. The smallest absolute Gasteiger partial charge is 0.265 e. The van der Waals surface area contributed by atoms with Gasteiger partial charge in [0.2, 0.25) is 5.91 Å². The lowest BCUT2D eigenvalue weighted by atomic mass is 9.89. The van der Waals surface area contributed by atoms with Crippen LogP contribution in [0.2, 0.25) is 5.02 Å². The first-order valence-electron chi connectivity index (χ1n) is 8.37. The van der Waals surface area contributed by atoms with Gasteiger partial charge < -0.3 is 4.90 Å². The normalized spacial score (nSPS) is 17.2. The summed E-state index contributed by atoms with van der Waals surface area (Å²) in [5.41, 5.74) is 1.57. The average molecular weight is 370 g/mol. The van der Waals surface area contributed by atoms with Gasteiger partial charge in [-0.1, -0.05) is 41.9 Å². The minimum Gasteiger partial charge on any atom is -0.308 e. The molecule has 2 amide bonds. The second kappa shape index (κ2) is 7.81. The van der Waals surface area contributed by atoms with E-state index in [4.69, 9.17) is 11.6 Å². The van der Waals surface area contributed by atoms with Crippen molar-refractivity contribution in [2.24, 2.45) is 4.99 Å². The minimum atomic E-state index is -0.609. The molecular formula is C20H20ClN3O2. The third-order valence-electron chi connectivity index (χ3n) is 4.24. The van der Waals surface area contributed by atoms with E-state index < -0.39 is 5.92 Å². The van der Waals surface area contributed by atoms with Gasteiger partial charge in [0.1, 0.15) is 0 Å². The summed E-state index contributed by atoms with van der Waals surface area (Å²) in [6, 6.07) is 14.0. The molecule has 6 heteroatoms. The number of aliphatic imine (C=N–C) groups is 1. The largest absolute Gasteiger partial charge is 0.308 e. The molecule has 2 aromatic rings. The Labute approximate surface area is 157 Å². The molecule has 2 aromatic carbocycles. The molecular weight excluding hydrogens is 350 g/mol. The molecule has 0 N–H and O–H groups in total. The fourth-order valence-corrected chi connectivity index (χ4v) is 3.12. The predicted molar refractivity (Wildman–Crippen MR) is 104 cm³/mol. The number of nitrogens with zero attached hydrogens (tertiary/aromatic N) is 3. The maximum atomic E-state index is 13.1. The Kier molecular flexibility index (Phi) is 5.49. The fraction of sp³-hybridized carbons (Fsp3) is 0.250. The number of imide groups is 1. The van der Waals surface area contributed by atoms with Crippen molar-refractivity contribution in [1.29, 1.82) is 0 Å². The van der Waals surface area contributed by atoms with Gasteiger partial charge in [0, 0.05) is 18.3 Å². The summed E-state index contributed by atoms with van der Waals surface area (Å²) < 4.78 is 0. The zero-order chi connectivity index (χ0) is 18.7. The summed E-state index contributed by atoms with van der Waals surface area (Å²) in [5.74, 6) is -1.31. The molecule has 5 nitrogen and oxygen atoms in total.